The van der Waals surface area contributed by atoms with E-state index in [1.165, 1.54) is 18.9 Å². The number of furan rings is 1. The predicted octanol–water partition coefficient (Wildman–Crippen LogP) is 5.53. The number of nitrogens with one attached hydrogen (secondary N) is 1. The highest BCUT2D eigenvalue weighted by molar-refractivity contribution is 8.16. The highest BCUT2D eigenvalue weighted by Gasteiger charge is 2.41. The van der Waals surface area contributed by atoms with Gasteiger partial charge in [0.2, 0.25) is 5.91 Å². The summed E-state index contributed by atoms with van der Waals surface area (Å²) in [4.78, 5) is 32.4. The van der Waals surface area contributed by atoms with Gasteiger partial charge in [-0.25, -0.2) is 9.79 Å². The van der Waals surface area contributed by atoms with Crippen LogP contribution in [0.5, 0.6) is 11.5 Å². The second-order valence-electron chi connectivity index (χ2n) is 8.41. The van der Waals surface area contributed by atoms with Gasteiger partial charge in [-0.2, -0.15) is 0 Å². The van der Waals surface area contributed by atoms with Crippen molar-refractivity contribution in [3.63, 3.8) is 0 Å². The first-order valence-corrected chi connectivity index (χ1v) is 12.6. The van der Waals surface area contributed by atoms with E-state index in [0.29, 0.717) is 40.2 Å². The molecule has 2 aromatic carbocycles. The number of esters is 1. The van der Waals surface area contributed by atoms with Crippen molar-refractivity contribution in [2.75, 3.05) is 7.11 Å². The summed E-state index contributed by atoms with van der Waals surface area (Å²) in [6.07, 6.45) is 1.67. The Hall–Kier alpha value is -4.24. The van der Waals surface area contributed by atoms with Crippen LogP contribution in [0.1, 0.15) is 30.7 Å². The van der Waals surface area contributed by atoms with Crippen LogP contribution < -0.4 is 10.1 Å². The van der Waals surface area contributed by atoms with Gasteiger partial charge in [-0.3, -0.25) is 4.79 Å². The van der Waals surface area contributed by atoms with Gasteiger partial charge in [-0.15, -0.1) is 0 Å². The SMILES string of the molecule is COC(=O)C1=C(C)N=C2SC=C(CC(=O)NCc3ccco3)N2[C@@H]1c1cccc(Oc2ccccc2)c1. The Balaban J connectivity index is 1.45. The standard InChI is InChI=1S/C28H25N3O5S/c1-18-25(27(33)34-2)26(19-8-6-11-22(14-19)36-21-9-4-3-5-10-21)31-20(17-37-28(31)30-18)15-24(32)29-16-23-12-7-13-35-23/h3-14,17,26H,15-16H2,1-2H3,(H,29,32)/t26-/m1/s1. The van der Waals surface area contributed by atoms with E-state index in [2.05, 4.69) is 10.3 Å². The van der Waals surface area contributed by atoms with E-state index in [4.69, 9.17) is 13.9 Å². The molecule has 2 aliphatic heterocycles. The average Bonchev–Trinajstić information content (AvgIpc) is 3.57. The number of hydrogen-bond donors (Lipinski definition) is 1. The van der Waals surface area contributed by atoms with Gasteiger partial charge >= 0.3 is 5.97 Å². The molecule has 1 amide bonds. The van der Waals surface area contributed by atoms with E-state index in [0.717, 1.165) is 11.3 Å². The Morgan fingerprint density at radius 3 is 2.65 bits per heavy atom. The molecule has 0 spiro atoms. The molecule has 0 saturated carbocycles. The molecule has 37 heavy (non-hydrogen) atoms. The number of hydrogen-bond acceptors (Lipinski definition) is 8. The van der Waals surface area contributed by atoms with Gasteiger partial charge in [0, 0.05) is 5.70 Å². The van der Waals surface area contributed by atoms with Crippen LogP contribution >= 0.6 is 11.8 Å². The van der Waals surface area contributed by atoms with Crippen LogP contribution in [0, 0.1) is 0 Å². The number of amidine groups is 1. The summed E-state index contributed by atoms with van der Waals surface area (Å²) in [7, 11) is 1.35. The van der Waals surface area contributed by atoms with E-state index in [-0.39, 0.29) is 12.3 Å². The number of carbonyl (C=O) groups excluding carboxylic acids is 2. The fourth-order valence-corrected chi connectivity index (χ4v) is 5.22. The zero-order chi connectivity index (χ0) is 25.8. The number of rotatable bonds is 8. The smallest absolute Gasteiger partial charge is 0.338 e. The van der Waals surface area contributed by atoms with Crippen LogP contribution in [0.3, 0.4) is 0 Å². The van der Waals surface area contributed by atoms with Gasteiger partial charge < -0.3 is 24.1 Å². The quantitative estimate of drug-likeness (QED) is 0.395. The van der Waals surface area contributed by atoms with Crippen molar-refractivity contribution < 1.29 is 23.5 Å². The molecule has 0 bridgehead atoms. The lowest BCUT2D eigenvalue weighted by molar-refractivity contribution is -0.136. The summed E-state index contributed by atoms with van der Waals surface area (Å²) >= 11 is 1.42. The van der Waals surface area contributed by atoms with E-state index in [1.807, 2.05) is 64.9 Å². The summed E-state index contributed by atoms with van der Waals surface area (Å²) in [6, 6.07) is 20.1. The molecule has 1 N–H and O–H groups in total. The molecular weight excluding hydrogens is 490 g/mol. The number of ether oxygens (including phenoxy) is 2. The molecule has 188 valence electrons. The lowest BCUT2D eigenvalue weighted by atomic mass is 9.93. The molecule has 3 aromatic rings. The minimum atomic E-state index is -0.543. The lowest BCUT2D eigenvalue weighted by Gasteiger charge is -2.36. The van der Waals surface area contributed by atoms with Crippen molar-refractivity contribution in [2.24, 2.45) is 4.99 Å². The molecule has 0 aliphatic carbocycles. The first kappa shape index (κ1) is 24.5. The average molecular weight is 516 g/mol. The van der Waals surface area contributed by atoms with Gasteiger partial charge in [0.1, 0.15) is 17.3 Å². The van der Waals surface area contributed by atoms with Crippen LogP contribution in [-0.4, -0.2) is 29.1 Å². The maximum absolute atomic E-state index is 13.0. The molecule has 5 rings (SSSR count). The Morgan fingerprint density at radius 1 is 1.08 bits per heavy atom. The first-order chi connectivity index (χ1) is 18.0. The number of benzene rings is 2. The molecule has 1 aromatic heterocycles. The zero-order valence-corrected chi connectivity index (χ0v) is 21.2. The van der Waals surface area contributed by atoms with Gasteiger partial charge in [-0.1, -0.05) is 42.1 Å². The van der Waals surface area contributed by atoms with Gasteiger partial charge in [0.15, 0.2) is 5.17 Å². The largest absolute Gasteiger partial charge is 0.467 e. The maximum Gasteiger partial charge on any atom is 0.338 e. The number of allylic oxidation sites excluding steroid dienone is 1. The van der Waals surface area contributed by atoms with E-state index < -0.39 is 12.0 Å². The zero-order valence-electron chi connectivity index (χ0n) is 20.3. The molecule has 1 atom stereocenters. The van der Waals surface area contributed by atoms with Crippen molar-refractivity contribution in [1.82, 2.24) is 10.2 Å². The Bertz CT molecular complexity index is 1400. The summed E-state index contributed by atoms with van der Waals surface area (Å²) in [6.45, 7) is 2.09. The number of thioether (sulfide) groups is 1. The predicted molar refractivity (Wildman–Crippen MR) is 141 cm³/mol. The first-order valence-electron chi connectivity index (χ1n) is 11.7. The number of aliphatic imine (C=N–C) groups is 1. The monoisotopic (exact) mass is 515 g/mol. The van der Waals surface area contributed by atoms with Crippen molar-refractivity contribution in [3.8, 4) is 11.5 Å². The topological polar surface area (TPSA) is 93.4 Å². The number of amides is 1. The van der Waals surface area contributed by atoms with Crippen molar-refractivity contribution >= 4 is 28.8 Å². The highest BCUT2D eigenvalue weighted by Crippen LogP contribution is 2.45. The summed E-state index contributed by atoms with van der Waals surface area (Å²) in [5.74, 6) is 1.36. The number of fused-ring (bicyclic) bond motifs is 1. The molecular formula is C28H25N3O5S. The summed E-state index contributed by atoms with van der Waals surface area (Å²) in [5.41, 5.74) is 2.52. The fraction of sp³-hybridized carbons (Fsp3) is 0.179. The Kier molecular flexibility index (Phi) is 7.14. The molecule has 2 aliphatic rings. The molecule has 0 fully saturated rings. The van der Waals surface area contributed by atoms with Gasteiger partial charge in [-0.05, 0) is 54.3 Å². The van der Waals surface area contributed by atoms with Crippen molar-refractivity contribution in [2.45, 2.75) is 25.9 Å². The molecule has 0 unspecified atom stereocenters. The number of nitrogens with zero attached hydrogens (tertiary/aromatic N) is 2. The maximum atomic E-state index is 13.0. The number of methoxy groups -OCH3 is 1. The fourth-order valence-electron chi connectivity index (χ4n) is 4.25. The van der Waals surface area contributed by atoms with Gasteiger partial charge in [0.25, 0.3) is 0 Å². The Labute approximate surface area is 218 Å². The minimum absolute atomic E-state index is 0.108. The molecule has 0 saturated heterocycles. The molecule has 0 radical (unpaired) electrons. The second-order valence-corrected chi connectivity index (χ2v) is 9.24. The van der Waals surface area contributed by atoms with Crippen LogP contribution in [0.25, 0.3) is 0 Å². The third kappa shape index (κ3) is 5.31. The lowest BCUT2D eigenvalue weighted by Crippen LogP contribution is -2.37. The second kappa shape index (κ2) is 10.8. The van der Waals surface area contributed by atoms with Crippen LogP contribution in [0.4, 0.5) is 0 Å². The summed E-state index contributed by atoms with van der Waals surface area (Å²) < 4.78 is 16.5. The van der Waals surface area contributed by atoms with Gasteiger partial charge in [0.05, 0.1) is 43.7 Å². The summed E-state index contributed by atoms with van der Waals surface area (Å²) in [5, 5.41) is 5.47. The third-order valence-corrected chi connectivity index (χ3v) is 6.83. The minimum Gasteiger partial charge on any atom is -0.467 e. The van der Waals surface area contributed by atoms with Crippen LogP contribution in [0.15, 0.2) is 105 Å². The van der Waals surface area contributed by atoms with E-state index in [9.17, 15) is 9.59 Å². The van der Waals surface area contributed by atoms with Crippen molar-refractivity contribution in [3.05, 3.63) is 107 Å². The van der Waals surface area contributed by atoms with Crippen LogP contribution in [0.2, 0.25) is 0 Å². The molecule has 8 nitrogen and oxygen atoms in total. The molecule has 9 heteroatoms. The highest BCUT2D eigenvalue weighted by atomic mass is 32.2. The van der Waals surface area contributed by atoms with Crippen LogP contribution in [-0.2, 0) is 20.9 Å². The van der Waals surface area contributed by atoms with E-state index in [1.54, 1.807) is 25.3 Å². The number of carbonyl (C=O) groups is 2. The van der Waals surface area contributed by atoms with E-state index >= 15 is 0 Å². The number of para-hydroxylation sites is 1. The molecule has 3 heterocycles. The third-order valence-electron chi connectivity index (χ3n) is 5.94. The van der Waals surface area contributed by atoms with Crippen molar-refractivity contribution in [1.29, 1.82) is 0 Å². The normalized spacial score (nSPS) is 16.6. The Morgan fingerprint density at radius 2 is 1.89 bits per heavy atom.